The number of piperidine rings is 1. The fourth-order valence-electron chi connectivity index (χ4n) is 8.13. The van der Waals surface area contributed by atoms with E-state index in [-0.39, 0.29) is 42.5 Å². The average Bonchev–Trinajstić information content (AvgIpc) is 3.74. The Hall–Kier alpha value is -4.34. The molecule has 1 amide bonds. The van der Waals surface area contributed by atoms with Gasteiger partial charge in [0, 0.05) is 30.3 Å². The molecule has 3 aliphatic carbocycles. The summed E-state index contributed by atoms with van der Waals surface area (Å²) in [7, 11) is 0. The number of aliphatic hydroxyl groups is 2. The lowest BCUT2D eigenvalue weighted by Gasteiger charge is -2.62. The van der Waals surface area contributed by atoms with E-state index in [1.54, 1.807) is 42.5 Å². The number of phenolic OH excluding ortho intramolecular Hbond substituents is 1. The van der Waals surface area contributed by atoms with Gasteiger partial charge in [0.15, 0.2) is 17.6 Å². The molecule has 2 fully saturated rings. The summed E-state index contributed by atoms with van der Waals surface area (Å²) in [6, 6.07) is 17.0. The number of phenols is 1. The molecule has 8 rings (SSSR count). The monoisotopic (exact) mass is 596 g/mol. The Labute approximate surface area is 255 Å². The maximum atomic E-state index is 13.8. The maximum Gasteiger partial charge on any atom is 0.335 e. The topological polar surface area (TPSA) is 140 Å². The molecule has 9 heteroatoms. The van der Waals surface area contributed by atoms with Gasteiger partial charge in [0.05, 0.1) is 22.2 Å². The molecule has 0 unspecified atom stereocenters. The van der Waals surface area contributed by atoms with E-state index >= 15 is 0 Å². The van der Waals surface area contributed by atoms with Crippen molar-refractivity contribution in [2.75, 3.05) is 18.4 Å². The fourth-order valence-corrected chi connectivity index (χ4v) is 8.13. The van der Waals surface area contributed by atoms with Crippen LogP contribution in [0.4, 0.5) is 5.69 Å². The molecule has 2 heterocycles. The first-order valence-corrected chi connectivity index (χ1v) is 14.8. The number of hydrogen-bond donors (Lipinski definition) is 5. The van der Waals surface area contributed by atoms with Crippen LogP contribution in [0.3, 0.4) is 0 Å². The van der Waals surface area contributed by atoms with Gasteiger partial charge in [0.2, 0.25) is 0 Å². The van der Waals surface area contributed by atoms with E-state index in [0.717, 1.165) is 35.3 Å². The highest BCUT2D eigenvalue weighted by atomic mass is 16.5. The van der Waals surface area contributed by atoms with E-state index in [4.69, 9.17) is 9.84 Å². The lowest BCUT2D eigenvalue weighted by atomic mass is 9.49. The number of carbonyl (C=O) groups excluding carboxylic acids is 1. The summed E-state index contributed by atoms with van der Waals surface area (Å²) < 4.78 is 6.28. The number of ether oxygens (including phenoxy) is 1. The van der Waals surface area contributed by atoms with Crippen LogP contribution in [0.25, 0.3) is 11.1 Å². The minimum Gasteiger partial charge on any atom is -0.508 e. The van der Waals surface area contributed by atoms with E-state index in [0.29, 0.717) is 30.2 Å². The Kier molecular flexibility index (Phi) is 6.36. The Morgan fingerprint density at radius 3 is 2.32 bits per heavy atom. The van der Waals surface area contributed by atoms with Gasteiger partial charge < -0.3 is 30.5 Å². The molecule has 5 aliphatic rings. The predicted molar refractivity (Wildman–Crippen MR) is 164 cm³/mol. The largest absolute Gasteiger partial charge is 0.508 e. The zero-order chi connectivity index (χ0) is 29.7. The van der Waals surface area contributed by atoms with Crippen molar-refractivity contribution in [3.05, 3.63) is 88.7 Å². The molecule has 0 aromatic heterocycles. The molecule has 9 nitrogen and oxygen atoms in total. The van der Waals surface area contributed by atoms with Crippen LogP contribution in [0.15, 0.2) is 72.0 Å². The van der Waals surface area contributed by atoms with Gasteiger partial charge >= 0.3 is 5.97 Å². The van der Waals surface area contributed by atoms with Gasteiger partial charge in [-0.15, -0.1) is 0 Å². The number of carbonyl (C=O) groups is 2. The average molecular weight is 597 g/mol. The van der Waals surface area contributed by atoms with E-state index in [1.165, 1.54) is 12.8 Å². The van der Waals surface area contributed by atoms with Crippen LogP contribution in [-0.2, 0) is 16.6 Å². The molecule has 4 atom stereocenters. The van der Waals surface area contributed by atoms with Gasteiger partial charge in [0.1, 0.15) is 5.76 Å². The molecule has 1 spiro atoms. The second kappa shape index (κ2) is 9.84. The molecule has 2 aliphatic heterocycles. The first kappa shape index (κ1) is 28.4. The number of benzene rings is 3. The smallest absolute Gasteiger partial charge is 0.335 e. The number of nitrogens with zero attached hydrogens (tertiary/aromatic N) is 1. The van der Waals surface area contributed by atoms with Gasteiger partial charge in [-0.1, -0.05) is 37.8 Å². The minimum atomic E-state index is -1.37. The second-order valence-corrected chi connectivity index (χ2v) is 12.7. The van der Waals surface area contributed by atoms with Crippen molar-refractivity contribution in [3.8, 4) is 22.6 Å². The highest BCUT2D eigenvalue weighted by Crippen LogP contribution is 2.66. The zero-order valence-corrected chi connectivity index (χ0v) is 23.4. The number of aromatic hydroxyl groups is 1. The van der Waals surface area contributed by atoms with Gasteiger partial charge in [0.25, 0.3) is 5.91 Å². The third-order valence-electron chi connectivity index (χ3n) is 10.4. The number of carboxylic acid groups (broad SMARTS) is 1. The third-order valence-corrected chi connectivity index (χ3v) is 10.4. The molecule has 3 aromatic carbocycles. The van der Waals surface area contributed by atoms with Crippen molar-refractivity contribution >= 4 is 17.6 Å². The number of anilines is 1. The Morgan fingerprint density at radius 2 is 1.66 bits per heavy atom. The SMILES string of the molecule is C.O=C(Nc1ccc(-c2ccc(C(=O)O)cc2)cc1)C1=C(O)[C@@H]2Oc3c(O)ccc4c3[C@@]23CCN(CC2CC2)[C@H](C4)[C@]3(O)C1. The van der Waals surface area contributed by atoms with Crippen molar-refractivity contribution in [3.63, 3.8) is 0 Å². The predicted octanol–water partition coefficient (Wildman–Crippen LogP) is 5.02. The highest BCUT2D eigenvalue weighted by Gasteiger charge is 2.73. The van der Waals surface area contributed by atoms with Gasteiger partial charge in [-0.3, -0.25) is 9.69 Å². The highest BCUT2D eigenvalue weighted by molar-refractivity contribution is 6.05. The van der Waals surface area contributed by atoms with Crippen molar-refractivity contribution < 1.29 is 34.8 Å². The van der Waals surface area contributed by atoms with E-state index in [2.05, 4.69) is 10.2 Å². The molecule has 1 saturated heterocycles. The maximum absolute atomic E-state index is 13.8. The summed E-state index contributed by atoms with van der Waals surface area (Å²) in [6.45, 7) is 1.65. The summed E-state index contributed by atoms with van der Waals surface area (Å²) in [4.78, 5) is 27.3. The molecule has 2 bridgehead atoms. The van der Waals surface area contributed by atoms with E-state index < -0.39 is 29.0 Å². The lowest BCUT2D eigenvalue weighted by molar-refractivity contribution is -0.172. The summed E-state index contributed by atoms with van der Waals surface area (Å²) >= 11 is 0. The van der Waals surface area contributed by atoms with E-state index in [9.17, 15) is 24.9 Å². The summed E-state index contributed by atoms with van der Waals surface area (Å²) in [5.74, 6) is -0.804. The Balaban J connectivity index is 0.00000312. The molecule has 44 heavy (non-hydrogen) atoms. The van der Waals surface area contributed by atoms with Crippen LogP contribution in [-0.4, -0.2) is 68.0 Å². The number of likely N-dealkylation sites (tertiary alicyclic amines) is 1. The summed E-state index contributed by atoms with van der Waals surface area (Å²) in [5, 5.41) is 47.2. The number of amides is 1. The molecular weight excluding hydrogens is 560 g/mol. The standard InChI is InChI=1S/C34H32N2O7.CH4/c37-25-12-9-22-15-26-34(42)16-24(28(38)30-33(34,27(22)29(25)43-30)13-14-36(26)17-18-1-2-18)31(39)35-23-10-7-20(8-11-23)19-3-5-21(6-4-19)32(40)41;/h3-12,18,26,30,37-38,42H,1-2,13-17H2,(H,35,39)(H,40,41);1H4/t26-,30+,33+,34-;/m1./s1. The van der Waals surface area contributed by atoms with E-state index in [1.807, 2.05) is 18.2 Å². The number of aromatic carboxylic acids is 1. The Bertz CT molecular complexity index is 1710. The van der Waals surface area contributed by atoms with Crippen LogP contribution in [0.1, 0.15) is 54.6 Å². The fraction of sp³-hybridized carbons (Fsp3) is 0.371. The van der Waals surface area contributed by atoms with Crippen LogP contribution in [0, 0.1) is 5.92 Å². The van der Waals surface area contributed by atoms with Gasteiger partial charge in [-0.25, -0.2) is 4.79 Å². The Morgan fingerprint density at radius 1 is 0.977 bits per heavy atom. The van der Waals surface area contributed by atoms with Crippen LogP contribution in [0.2, 0.25) is 0 Å². The van der Waals surface area contributed by atoms with Crippen molar-refractivity contribution in [2.45, 2.75) is 62.7 Å². The van der Waals surface area contributed by atoms with Gasteiger partial charge in [-0.2, -0.15) is 0 Å². The quantitative estimate of drug-likeness (QED) is 0.267. The van der Waals surface area contributed by atoms with Crippen LogP contribution in [0.5, 0.6) is 11.5 Å². The number of nitrogens with one attached hydrogen (secondary N) is 1. The lowest BCUT2D eigenvalue weighted by Crippen LogP contribution is -2.75. The summed E-state index contributed by atoms with van der Waals surface area (Å²) in [6.07, 6.45) is 2.50. The third kappa shape index (κ3) is 3.92. The van der Waals surface area contributed by atoms with Crippen LogP contribution < -0.4 is 10.1 Å². The zero-order valence-electron chi connectivity index (χ0n) is 23.4. The first-order valence-electron chi connectivity index (χ1n) is 14.8. The number of aliphatic hydroxyl groups excluding tert-OH is 1. The molecule has 3 aromatic rings. The molecule has 1 saturated carbocycles. The first-order chi connectivity index (χ1) is 20.7. The van der Waals surface area contributed by atoms with Crippen molar-refractivity contribution in [2.24, 2.45) is 5.92 Å². The summed E-state index contributed by atoms with van der Waals surface area (Å²) in [5.41, 5.74) is 1.96. The van der Waals surface area contributed by atoms with Crippen molar-refractivity contribution in [1.29, 1.82) is 0 Å². The molecule has 228 valence electrons. The minimum absolute atomic E-state index is 0. The molecular formula is C35H36N2O7. The molecule has 0 radical (unpaired) electrons. The normalized spacial score (nSPS) is 28.0. The number of hydrogen-bond acceptors (Lipinski definition) is 7. The van der Waals surface area contributed by atoms with Gasteiger partial charge in [-0.05, 0) is 85.2 Å². The second-order valence-electron chi connectivity index (χ2n) is 12.7. The van der Waals surface area contributed by atoms with Crippen LogP contribution >= 0.6 is 0 Å². The molecule has 5 N–H and O–H groups in total. The number of rotatable bonds is 6. The van der Waals surface area contributed by atoms with Crippen molar-refractivity contribution in [1.82, 2.24) is 4.90 Å². The number of carboxylic acids is 1.